The molecule has 0 spiro atoms. The predicted octanol–water partition coefficient (Wildman–Crippen LogP) is 6.87. The van der Waals surface area contributed by atoms with Crippen LogP contribution >= 0.6 is 22.9 Å². The van der Waals surface area contributed by atoms with Gasteiger partial charge in [0, 0.05) is 10.6 Å². The van der Waals surface area contributed by atoms with Gasteiger partial charge in [-0.05, 0) is 34.7 Å². The number of hydrogen-bond acceptors (Lipinski definition) is 5. The van der Waals surface area contributed by atoms with E-state index in [4.69, 9.17) is 11.6 Å². The summed E-state index contributed by atoms with van der Waals surface area (Å²) in [6, 6.07) is 21.1. The Morgan fingerprint density at radius 1 is 1.00 bits per heavy atom. The third kappa shape index (κ3) is 4.13. The van der Waals surface area contributed by atoms with Crippen molar-refractivity contribution in [1.82, 2.24) is 4.98 Å². The number of rotatable bonds is 3. The predicted molar refractivity (Wildman–Crippen MR) is 141 cm³/mol. The summed E-state index contributed by atoms with van der Waals surface area (Å²) >= 11 is 7.43. The van der Waals surface area contributed by atoms with Crippen LogP contribution in [0.1, 0.15) is 43.5 Å². The van der Waals surface area contributed by atoms with E-state index >= 15 is 0 Å². The van der Waals surface area contributed by atoms with Crippen molar-refractivity contribution in [2.45, 2.75) is 32.2 Å². The molecule has 1 aromatic heterocycles. The quantitative estimate of drug-likeness (QED) is 0.188. The highest BCUT2D eigenvalue weighted by Crippen LogP contribution is 2.44. The molecule has 7 heteroatoms. The number of hydrogen-bond donors (Lipinski definition) is 1. The summed E-state index contributed by atoms with van der Waals surface area (Å²) in [7, 11) is 0. The third-order valence-electron chi connectivity index (χ3n) is 6.13. The Labute approximate surface area is 212 Å². The number of amides is 1. The molecule has 1 fully saturated rings. The van der Waals surface area contributed by atoms with Crippen LogP contribution in [0.5, 0.6) is 0 Å². The molecule has 0 aliphatic carbocycles. The second kappa shape index (κ2) is 8.63. The highest BCUT2D eigenvalue weighted by molar-refractivity contribution is 7.22. The van der Waals surface area contributed by atoms with Gasteiger partial charge in [0.15, 0.2) is 5.13 Å². The van der Waals surface area contributed by atoms with Crippen LogP contribution in [-0.4, -0.2) is 21.8 Å². The molecule has 5 nitrogen and oxygen atoms in total. The van der Waals surface area contributed by atoms with Crippen molar-refractivity contribution in [3.05, 3.63) is 100 Å². The molecule has 1 saturated heterocycles. The van der Waals surface area contributed by atoms with Gasteiger partial charge in [-0.1, -0.05) is 98.3 Å². The van der Waals surface area contributed by atoms with Crippen molar-refractivity contribution in [2.24, 2.45) is 0 Å². The first-order valence-electron chi connectivity index (χ1n) is 11.2. The van der Waals surface area contributed by atoms with Gasteiger partial charge < -0.3 is 5.11 Å². The number of thiazole rings is 1. The fourth-order valence-corrected chi connectivity index (χ4v) is 5.52. The van der Waals surface area contributed by atoms with Gasteiger partial charge in [-0.15, -0.1) is 0 Å². The number of benzene rings is 3. The summed E-state index contributed by atoms with van der Waals surface area (Å²) in [4.78, 5) is 32.7. The van der Waals surface area contributed by atoms with Crippen molar-refractivity contribution >= 4 is 55.7 Å². The molecule has 1 aliphatic heterocycles. The molecule has 0 saturated carbocycles. The number of aromatic nitrogens is 1. The monoisotopic (exact) mass is 502 g/mol. The average Bonchev–Trinajstić information content (AvgIpc) is 3.36. The van der Waals surface area contributed by atoms with Crippen LogP contribution in [-0.2, 0) is 15.0 Å². The molecule has 1 unspecified atom stereocenters. The molecule has 0 bridgehead atoms. The number of Topliss-reactive ketones (excluding diaryl/α,β-unsaturated/α-hetero) is 1. The largest absolute Gasteiger partial charge is 0.507 e. The molecule has 1 atom stereocenters. The van der Waals surface area contributed by atoms with E-state index in [-0.39, 0.29) is 16.7 Å². The first-order valence-corrected chi connectivity index (χ1v) is 12.4. The molecular weight excluding hydrogens is 480 g/mol. The molecule has 2 heterocycles. The minimum atomic E-state index is -0.819. The Morgan fingerprint density at radius 3 is 2.34 bits per heavy atom. The van der Waals surface area contributed by atoms with Crippen LogP contribution in [0.2, 0.25) is 5.02 Å². The molecule has 4 aromatic rings. The fraction of sp³-hybridized carbons (Fsp3) is 0.179. The first kappa shape index (κ1) is 23.3. The smallest absolute Gasteiger partial charge is 0.301 e. The van der Waals surface area contributed by atoms with Crippen LogP contribution < -0.4 is 4.90 Å². The lowest BCUT2D eigenvalue weighted by Gasteiger charge is -2.24. The number of anilines is 1. The number of fused-ring (bicyclic) bond motifs is 1. The topological polar surface area (TPSA) is 70.5 Å². The Hall–Kier alpha value is -3.48. The van der Waals surface area contributed by atoms with E-state index < -0.39 is 17.7 Å². The number of carbonyl (C=O) groups is 2. The van der Waals surface area contributed by atoms with Crippen molar-refractivity contribution in [3.63, 3.8) is 0 Å². The number of carbonyl (C=O) groups excluding carboxylic acids is 2. The van der Waals surface area contributed by atoms with E-state index in [0.717, 1.165) is 10.3 Å². The summed E-state index contributed by atoms with van der Waals surface area (Å²) in [6.45, 7) is 6.36. The highest BCUT2D eigenvalue weighted by atomic mass is 35.5. The van der Waals surface area contributed by atoms with Crippen molar-refractivity contribution in [3.8, 4) is 0 Å². The van der Waals surface area contributed by atoms with Crippen LogP contribution in [0.3, 0.4) is 0 Å². The minimum absolute atomic E-state index is 0.0435. The molecule has 5 rings (SSSR count). The lowest BCUT2D eigenvalue weighted by molar-refractivity contribution is -0.132. The maximum Gasteiger partial charge on any atom is 0.301 e. The maximum absolute atomic E-state index is 13.4. The normalized spacial score (nSPS) is 17.9. The van der Waals surface area contributed by atoms with Crippen LogP contribution in [0.15, 0.2) is 78.4 Å². The zero-order chi connectivity index (χ0) is 24.9. The molecule has 1 aliphatic rings. The van der Waals surface area contributed by atoms with Gasteiger partial charge in [0.2, 0.25) is 0 Å². The Morgan fingerprint density at radius 2 is 1.69 bits per heavy atom. The molecular formula is C28H23ClN2O3S. The van der Waals surface area contributed by atoms with Gasteiger partial charge in [0.1, 0.15) is 5.76 Å². The Bertz CT molecular complexity index is 1480. The minimum Gasteiger partial charge on any atom is -0.507 e. The standard InChI is InChI=1S/C28H23ClN2O3S/c1-28(2,3)18-11-9-16(10-12-18)23-22(24(32)17-7-5-4-6-8-17)25(33)26(34)31(23)27-30-20-14-13-19(29)15-21(20)35-27/h4-15,23,32H,1-3H3/b24-22+. The Kier molecular flexibility index (Phi) is 5.74. The molecule has 3 aromatic carbocycles. The summed E-state index contributed by atoms with van der Waals surface area (Å²) in [5.41, 5.74) is 2.97. The first-order chi connectivity index (χ1) is 16.6. The van der Waals surface area contributed by atoms with E-state index in [1.807, 2.05) is 30.3 Å². The van der Waals surface area contributed by atoms with Crippen LogP contribution in [0, 0.1) is 0 Å². The molecule has 35 heavy (non-hydrogen) atoms. The second-order valence-electron chi connectivity index (χ2n) is 9.52. The van der Waals surface area contributed by atoms with Crippen LogP contribution in [0.25, 0.3) is 16.0 Å². The average molecular weight is 503 g/mol. The summed E-state index contributed by atoms with van der Waals surface area (Å²) in [6.07, 6.45) is 0. The van der Waals surface area contributed by atoms with Gasteiger partial charge in [0.05, 0.1) is 21.8 Å². The lowest BCUT2D eigenvalue weighted by Crippen LogP contribution is -2.29. The maximum atomic E-state index is 13.4. The van der Waals surface area contributed by atoms with Gasteiger partial charge in [-0.2, -0.15) is 0 Å². The van der Waals surface area contributed by atoms with E-state index in [0.29, 0.717) is 26.8 Å². The number of nitrogens with zero attached hydrogens (tertiary/aromatic N) is 2. The summed E-state index contributed by atoms with van der Waals surface area (Å²) in [5, 5.41) is 12.1. The fourth-order valence-electron chi connectivity index (χ4n) is 4.25. The molecule has 176 valence electrons. The van der Waals surface area contributed by atoms with Gasteiger partial charge >= 0.3 is 5.91 Å². The number of ketones is 1. The molecule has 0 radical (unpaired) electrons. The Balaban J connectivity index is 1.72. The summed E-state index contributed by atoms with van der Waals surface area (Å²) < 4.78 is 0.805. The molecule has 1 amide bonds. The van der Waals surface area contributed by atoms with Gasteiger partial charge in [-0.3, -0.25) is 14.5 Å². The SMILES string of the molecule is CC(C)(C)c1ccc(C2/C(=C(\O)c3ccccc3)C(=O)C(=O)N2c2nc3ccc(Cl)cc3s2)cc1. The van der Waals surface area contributed by atoms with Crippen molar-refractivity contribution < 1.29 is 14.7 Å². The summed E-state index contributed by atoms with van der Waals surface area (Å²) in [5.74, 6) is -1.67. The highest BCUT2D eigenvalue weighted by Gasteiger charge is 2.48. The van der Waals surface area contributed by atoms with Crippen molar-refractivity contribution in [1.29, 1.82) is 0 Å². The van der Waals surface area contributed by atoms with Crippen LogP contribution in [0.4, 0.5) is 5.13 Å². The zero-order valence-corrected chi connectivity index (χ0v) is 21.0. The second-order valence-corrected chi connectivity index (χ2v) is 11.0. The van der Waals surface area contributed by atoms with Gasteiger partial charge in [0.25, 0.3) is 5.78 Å². The van der Waals surface area contributed by atoms with E-state index in [1.54, 1.807) is 42.5 Å². The number of aliphatic hydroxyl groups is 1. The lowest BCUT2D eigenvalue weighted by atomic mass is 9.85. The number of aliphatic hydroxyl groups excluding tert-OH is 1. The van der Waals surface area contributed by atoms with E-state index in [1.165, 1.54) is 16.2 Å². The molecule has 1 N–H and O–H groups in total. The van der Waals surface area contributed by atoms with Crippen molar-refractivity contribution in [2.75, 3.05) is 4.90 Å². The zero-order valence-electron chi connectivity index (χ0n) is 19.4. The van der Waals surface area contributed by atoms with Gasteiger partial charge in [-0.25, -0.2) is 4.98 Å². The van der Waals surface area contributed by atoms with E-state index in [9.17, 15) is 14.7 Å². The number of halogens is 1. The third-order valence-corrected chi connectivity index (χ3v) is 7.38. The van der Waals surface area contributed by atoms with E-state index in [2.05, 4.69) is 25.8 Å².